The number of carboxylic acids is 1. The van der Waals surface area contributed by atoms with Crippen molar-refractivity contribution in [3.8, 4) is 0 Å². The number of aliphatic carboxylic acids is 1. The largest absolute Gasteiger partial charge is 0.476 e. The van der Waals surface area contributed by atoms with E-state index in [-0.39, 0.29) is 10.5 Å². The average Bonchev–Trinajstić information content (AvgIpc) is 2.90. The van der Waals surface area contributed by atoms with Crippen molar-refractivity contribution >= 4 is 46.7 Å². The molecule has 4 rings (SSSR count). The summed E-state index contributed by atoms with van der Waals surface area (Å²) in [6, 6.07) is 37.3. The summed E-state index contributed by atoms with van der Waals surface area (Å²) in [5, 5.41) is 15.4. The van der Waals surface area contributed by atoms with E-state index in [4.69, 9.17) is 11.6 Å². The Hall–Kier alpha value is -3.72. The topological polar surface area (TPSA) is 66.4 Å². The Morgan fingerprint density at radius 2 is 0.971 bits per heavy atom. The van der Waals surface area contributed by atoms with Crippen LogP contribution in [0.1, 0.15) is 10.4 Å². The second kappa shape index (κ2) is 10.5. The minimum absolute atomic E-state index is 0.0906. The molecule has 0 spiro atoms. The predicted octanol–water partition coefficient (Wildman–Crippen LogP) is 4.90. The van der Waals surface area contributed by atoms with E-state index in [9.17, 15) is 14.7 Å². The molecule has 4 aromatic rings. The van der Waals surface area contributed by atoms with Gasteiger partial charge in [0.1, 0.15) is 15.9 Å². The van der Waals surface area contributed by atoms with E-state index in [1.807, 2.05) is 91.0 Å². The van der Waals surface area contributed by atoms with E-state index in [1.54, 1.807) is 30.3 Å². The van der Waals surface area contributed by atoms with Crippen LogP contribution in [-0.4, -0.2) is 17.0 Å². The van der Waals surface area contributed by atoms with Crippen molar-refractivity contribution < 1.29 is 14.7 Å². The van der Waals surface area contributed by atoms with Gasteiger partial charge in [0.15, 0.2) is 13.0 Å². The van der Waals surface area contributed by atoms with Crippen molar-refractivity contribution in [3.63, 3.8) is 0 Å². The lowest BCUT2D eigenvalue weighted by Gasteiger charge is -2.27. The lowest BCUT2D eigenvalue weighted by molar-refractivity contribution is -0.133. The van der Waals surface area contributed by atoms with Crippen LogP contribution in [0.5, 0.6) is 0 Å². The molecule has 6 heteroatoms. The summed E-state index contributed by atoms with van der Waals surface area (Å²) in [6.07, 6.45) is 0. The fourth-order valence-electron chi connectivity index (χ4n) is 3.88. The molecule has 0 aliphatic carbocycles. The van der Waals surface area contributed by atoms with Crippen LogP contribution in [0, 0.1) is 0 Å². The number of carboxylic acid groups (broad SMARTS) is 1. The number of nitrogens with one attached hydrogen (secondary N) is 1. The molecular formula is C28H22ClNO3P+. The molecule has 0 fully saturated rings. The Bertz CT molecular complexity index is 1210. The van der Waals surface area contributed by atoms with Crippen molar-refractivity contribution in [1.82, 2.24) is 5.32 Å². The highest BCUT2D eigenvalue weighted by atomic mass is 35.5. The lowest BCUT2D eigenvalue weighted by Crippen LogP contribution is -2.35. The minimum Gasteiger partial charge on any atom is -0.476 e. The highest BCUT2D eigenvalue weighted by Gasteiger charge is 2.52. The van der Waals surface area contributed by atoms with Gasteiger partial charge < -0.3 is 10.4 Å². The fourth-order valence-corrected chi connectivity index (χ4v) is 8.80. The number of benzene rings is 4. The third-order valence-corrected chi connectivity index (χ3v) is 10.4. The Labute approximate surface area is 203 Å². The van der Waals surface area contributed by atoms with Gasteiger partial charge >= 0.3 is 5.97 Å². The molecule has 0 atom stereocenters. The molecular weight excluding hydrogens is 465 g/mol. The summed E-state index contributed by atoms with van der Waals surface area (Å²) >= 11 is 7.13. The number of hydrogen-bond donors (Lipinski definition) is 2. The van der Waals surface area contributed by atoms with Crippen LogP contribution in [0.4, 0.5) is 0 Å². The Morgan fingerprint density at radius 1 is 0.618 bits per heavy atom. The maximum atomic E-state index is 12.9. The third kappa shape index (κ3) is 4.51. The molecule has 0 heterocycles. The standard InChI is InChI=1S/C28H21ClNO3P/c29-26(25(28(32)33)30-27(31)21-13-5-1-6-14-21)34(22-15-7-2-8-16-22,23-17-9-3-10-18-23)24-19-11-4-12-20-24/h1-20H,(H-,30,31,32,33)/p+1/b26-25-. The first-order valence-corrected chi connectivity index (χ1v) is 12.8. The molecule has 2 N–H and O–H groups in total. The molecule has 168 valence electrons. The van der Waals surface area contributed by atoms with Gasteiger partial charge in [-0.15, -0.1) is 0 Å². The van der Waals surface area contributed by atoms with Crippen LogP contribution >= 0.6 is 18.9 Å². The number of carbonyl (C=O) groups excluding carboxylic acids is 1. The molecule has 0 radical (unpaired) electrons. The zero-order valence-corrected chi connectivity index (χ0v) is 19.8. The zero-order chi connectivity index (χ0) is 24.0. The molecule has 0 saturated heterocycles. The number of halogens is 1. The van der Waals surface area contributed by atoms with Crippen molar-refractivity contribution in [2.45, 2.75) is 0 Å². The Kier molecular flexibility index (Phi) is 7.22. The summed E-state index contributed by atoms with van der Waals surface area (Å²) in [6.45, 7) is 0. The Morgan fingerprint density at radius 3 is 1.32 bits per heavy atom. The van der Waals surface area contributed by atoms with Crippen LogP contribution in [-0.2, 0) is 4.79 Å². The summed E-state index contributed by atoms with van der Waals surface area (Å²) < 4.78 is 0.0906. The monoisotopic (exact) mass is 486 g/mol. The van der Waals surface area contributed by atoms with Crippen molar-refractivity contribution in [3.05, 3.63) is 137 Å². The van der Waals surface area contributed by atoms with Gasteiger partial charge in [0.05, 0.1) is 0 Å². The van der Waals surface area contributed by atoms with E-state index < -0.39 is 19.1 Å². The van der Waals surface area contributed by atoms with Crippen molar-refractivity contribution in [2.24, 2.45) is 0 Å². The quantitative estimate of drug-likeness (QED) is 0.288. The summed E-state index contributed by atoms with van der Waals surface area (Å²) in [7, 11) is -2.85. The highest BCUT2D eigenvalue weighted by molar-refractivity contribution is 8.00. The van der Waals surface area contributed by atoms with Crippen molar-refractivity contribution in [2.75, 3.05) is 0 Å². The SMILES string of the molecule is O=C(O)/C(NC(=O)c1ccccc1)=C(\Cl)[P+](c1ccccc1)(c1ccccc1)c1ccccc1. The van der Waals surface area contributed by atoms with Crippen LogP contribution in [0.25, 0.3) is 0 Å². The van der Waals surface area contributed by atoms with Gasteiger partial charge in [0.2, 0.25) is 4.77 Å². The van der Waals surface area contributed by atoms with Crippen molar-refractivity contribution in [1.29, 1.82) is 0 Å². The second-order valence-electron chi connectivity index (χ2n) is 7.47. The summed E-state index contributed by atoms with van der Waals surface area (Å²) in [5.41, 5.74) is 0.00851. The first-order valence-electron chi connectivity index (χ1n) is 10.6. The molecule has 34 heavy (non-hydrogen) atoms. The fraction of sp³-hybridized carbons (Fsp3) is 0. The molecule has 0 unspecified atom stereocenters. The zero-order valence-electron chi connectivity index (χ0n) is 18.1. The van der Waals surface area contributed by atoms with E-state index in [2.05, 4.69) is 5.32 Å². The maximum Gasteiger partial charge on any atom is 0.357 e. The third-order valence-electron chi connectivity index (χ3n) is 5.42. The van der Waals surface area contributed by atoms with Crippen LogP contribution in [0.2, 0.25) is 0 Å². The number of amides is 1. The van der Waals surface area contributed by atoms with E-state index in [0.717, 1.165) is 15.9 Å². The first kappa shape index (κ1) is 23.4. The molecule has 0 saturated carbocycles. The van der Waals surface area contributed by atoms with Gasteiger partial charge in [-0.3, -0.25) is 4.79 Å². The van der Waals surface area contributed by atoms with Gasteiger partial charge in [-0.05, 0) is 60.1 Å². The van der Waals surface area contributed by atoms with E-state index >= 15 is 0 Å². The first-order chi connectivity index (χ1) is 16.5. The average molecular weight is 487 g/mol. The highest BCUT2D eigenvalue weighted by Crippen LogP contribution is 2.64. The molecule has 1 amide bonds. The molecule has 4 nitrogen and oxygen atoms in total. The number of hydrogen-bond acceptors (Lipinski definition) is 2. The predicted molar refractivity (Wildman–Crippen MR) is 140 cm³/mol. The molecule has 0 aliphatic heterocycles. The van der Waals surface area contributed by atoms with Gasteiger partial charge in [0, 0.05) is 5.56 Å². The number of carbonyl (C=O) groups is 2. The van der Waals surface area contributed by atoms with Gasteiger partial charge in [-0.1, -0.05) is 72.8 Å². The molecule has 0 aliphatic rings. The van der Waals surface area contributed by atoms with Gasteiger partial charge in [-0.25, -0.2) is 4.79 Å². The van der Waals surface area contributed by atoms with Gasteiger partial charge in [-0.2, -0.15) is 0 Å². The molecule has 0 bridgehead atoms. The molecule has 4 aromatic carbocycles. The normalized spacial score (nSPS) is 11.9. The van der Waals surface area contributed by atoms with Gasteiger partial charge in [0.25, 0.3) is 5.91 Å². The van der Waals surface area contributed by atoms with E-state index in [1.165, 1.54) is 0 Å². The maximum absolute atomic E-state index is 12.9. The Balaban J connectivity index is 2.03. The molecule has 0 aromatic heterocycles. The smallest absolute Gasteiger partial charge is 0.357 e. The summed E-state index contributed by atoms with van der Waals surface area (Å²) in [4.78, 5) is 25.5. The van der Waals surface area contributed by atoms with E-state index in [0.29, 0.717) is 5.56 Å². The van der Waals surface area contributed by atoms with Crippen LogP contribution in [0.15, 0.2) is 132 Å². The minimum atomic E-state index is -2.85. The van der Waals surface area contributed by atoms with Crippen LogP contribution in [0.3, 0.4) is 0 Å². The van der Waals surface area contributed by atoms with Crippen LogP contribution < -0.4 is 21.2 Å². The second-order valence-corrected chi connectivity index (χ2v) is 11.4. The number of rotatable bonds is 7. The summed E-state index contributed by atoms with van der Waals surface area (Å²) in [5.74, 6) is -1.84. The lowest BCUT2D eigenvalue weighted by atomic mass is 10.2.